The fourth-order valence-electron chi connectivity index (χ4n) is 1.69. The Bertz CT molecular complexity index is 307. The molecule has 15 heavy (non-hydrogen) atoms. The molecule has 0 bridgehead atoms. The van der Waals surface area contributed by atoms with Gasteiger partial charge >= 0.3 is 0 Å². The molecule has 3 nitrogen and oxygen atoms in total. The highest BCUT2D eigenvalue weighted by Gasteiger charge is 2.11. The summed E-state index contributed by atoms with van der Waals surface area (Å²) in [4.78, 5) is 0. The lowest BCUT2D eigenvalue weighted by atomic mass is 10.1. The van der Waals surface area contributed by atoms with Crippen molar-refractivity contribution in [3.63, 3.8) is 0 Å². The lowest BCUT2D eigenvalue weighted by Crippen LogP contribution is -2.08. The van der Waals surface area contributed by atoms with E-state index in [1.54, 1.807) is 0 Å². The van der Waals surface area contributed by atoms with Crippen molar-refractivity contribution in [3.05, 3.63) is 16.4 Å². The molecule has 1 N–H and O–H groups in total. The largest absolute Gasteiger partial charge is 0.320 e. The molecule has 0 fully saturated rings. The molecule has 4 heteroatoms. The average molecular weight is 230 g/mol. The molecule has 1 aromatic rings. The van der Waals surface area contributed by atoms with E-state index < -0.39 is 0 Å². The lowest BCUT2D eigenvalue weighted by molar-refractivity contribution is 0.635. The maximum atomic E-state index is 6.24. The minimum absolute atomic E-state index is 0.865. The highest BCUT2D eigenvalue weighted by atomic mass is 35.5. The van der Waals surface area contributed by atoms with Gasteiger partial charge in [0, 0.05) is 7.05 Å². The second-order valence-corrected chi connectivity index (χ2v) is 4.12. The van der Waals surface area contributed by atoms with E-state index in [0.717, 1.165) is 36.5 Å². The van der Waals surface area contributed by atoms with Crippen molar-refractivity contribution >= 4 is 11.6 Å². The number of nitrogens with zero attached hydrogens (tertiary/aromatic N) is 2. The van der Waals surface area contributed by atoms with Crippen molar-refractivity contribution in [1.82, 2.24) is 15.1 Å². The van der Waals surface area contributed by atoms with Gasteiger partial charge in [0.25, 0.3) is 0 Å². The molecule has 0 spiro atoms. The first kappa shape index (κ1) is 12.5. The van der Waals surface area contributed by atoms with Gasteiger partial charge < -0.3 is 5.32 Å². The van der Waals surface area contributed by atoms with Gasteiger partial charge in [-0.15, -0.1) is 0 Å². The highest BCUT2D eigenvalue weighted by molar-refractivity contribution is 6.31. The van der Waals surface area contributed by atoms with Gasteiger partial charge in [0.05, 0.1) is 16.4 Å². The number of hydrogen-bond acceptors (Lipinski definition) is 2. The van der Waals surface area contributed by atoms with E-state index in [0.29, 0.717) is 0 Å². The minimum Gasteiger partial charge on any atom is -0.320 e. The Morgan fingerprint density at radius 1 is 1.40 bits per heavy atom. The molecular formula is C11H20ClN3. The molecule has 0 aliphatic carbocycles. The van der Waals surface area contributed by atoms with Crippen LogP contribution in [0.5, 0.6) is 0 Å². The number of aromatic nitrogens is 2. The Morgan fingerprint density at radius 3 is 2.67 bits per heavy atom. The topological polar surface area (TPSA) is 29.9 Å². The Balaban J connectivity index is 2.56. The smallest absolute Gasteiger partial charge is 0.0849 e. The number of aryl methyl sites for hydroxylation is 2. The zero-order valence-corrected chi connectivity index (χ0v) is 10.6. The zero-order chi connectivity index (χ0) is 11.3. The standard InChI is InChI=1S/C11H20ClN3/c1-4-9-11(12)10(15(3)14-9)7-5-6-8-13-2/h13H,4-8H2,1-3H3. The molecule has 1 rings (SSSR count). The van der Waals surface area contributed by atoms with Crippen LogP contribution in [0, 0.1) is 0 Å². The first-order chi connectivity index (χ1) is 7.20. The van der Waals surface area contributed by atoms with Crippen LogP contribution < -0.4 is 5.32 Å². The van der Waals surface area contributed by atoms with E-state index in [9.17, 15) is 0 Å². The van der Waals surface area contributed by atoms with E-state index in [1.807, 2.05) is 18.8 Å². The maximum absolute atomic E-state index is 6.24. The van der Waals surface area contributed by atoms with Crippen LogP contribution in [0.4, 0.5) is 0 Å². The van der Waals surface area contributed by atoms with Gasteiger partial charge in [-0.05, 0) is 39.3 Å². The second kappa shape index (κ2) is 6.13. The summed E-state index contributed by atoms with van der Waals surface area (Å²) in [6, 6.07) is 0. The quantitative estimate of drug-likeness (QED) is 0.758. The monoisotopic (exact) mass is 229 g/mol. The molecule has 0 saturated carbocycles. The van der Waals surface area contributed by atoms with Crippen molar-refractivity contribution in [2.75, 3.05) is 13.6 Å². The summed E-state index contributed by atoms with van der Waals surface area (Å²) in [6.45, 7) is 3.15. The summed E-state index contributed by atoms with van der Waals surface area (Å²) in [7, 11) is 3.95. The van der Waals surface area contributed by atoms with Crippen LogP contribution >= 0.6 is 11.6 Å². The van der Waals surface area contributed by atoms with Crippen molar-refractivity contribution in [1.29, 1.82) is 0 Å². The third-order valence-electron chi connectivity index (χ3n) is 2.59. The summed E-state index contributed by atoms with van der Waals surface area (Å²) < 4.78 is 1.92. The normalized spacial score (nSPS) is 10.9. The van der Waals surface area contributed by atoms with Gasteiger partial charge in [-0.3, -0.25) is 4.68 Å². The Kier molecular flexibility index (Phi) is 5.12. The third kappa shape index (κ3) is 3.21. The van der Waals surface area contributed by atoms with Gasteiger partial charge in [0.1, 0.15) is 0 Å². The summed E-state index contributed by atoms with van der Waals surface area (Å²) >= 11 is 6.24. The van der Waals surface area contributed by atoms with Crippen molar-refractivity contribution in [2.45, 2.75) is 32.6 Å². The van der Waals surface area contributed by atoms with E-state index in [4.69, 9.17) is 11.6 Å². The summed E-state index contributed by atoms with van der Waals surface area (Å²) in [5.41, 5.74) is 2.19. The second-order valence-electron chi connectivity index (χ2n) is 3.75. The van der Waals surface area contributed by atoms with Crippen LogP contribution in [-0.2, 0) is 19.9 Å². The Labute approximate surface area is 96.8 Å². The predicted molar refractivity (Wildman–Crippen MR) is 64.5 cm³/mol. The van der Waals surface area contributed by atoms with E-state index in [-0.39, 0.29) is 0 Å². The highest BCUT2D eigenvalue weighted by Crippen LogP contribution is 2.22. The van der Waals surface area contributed by atoms with Crippen molar-refractivity contribution in [3.8, 4) is 0 Å². The number of rotatable bonds is 6. The van der Waals surface area contributed by atoms with Crippen LogP contribution in [0.2, 0.25) is 5.02 Å². The van der Waals surface area contributed by atoms with Crippen LogP contribution in [0.15, 0.2) is 0 Å². The molecule has 0 radical (unpaired) electrons. The number of hydrogen-bond donors (Lipinski definition) is 1. The average Bonchev–Trinajstić information content (AvgIpc) is 2.50. The Morgan fingerprint density at radius 2 is 2.13 bits per heavy atom. The third-order valence-corrected chi connectivity index (χ3v) is 3.03. The fraction of sp³-hybridized carbons (Fsp3) is 0.727. The molecule has 0 saturated heterocycles. The van der Waals surface area contributed by atoms with Gasteiger partial charge in [0.2, 0.25) is 0 Å². The van der Waals surface area contributed by atoms with Gasteiger partial charge in [-0.2, -0.15) is 5.10 Å². The van der Waals surface area contributed by atoms with Crippen LogP contribution in [-0.4, -0.2) is 23.4 Å². The number of halogens is 1. The fourth-order valence-corrected chi connectivity index (χ4v) is 2.07. The SMILES string of the molecule is CCc1nn(C)c(CCCCNC)c1Cl. The lowest BCUT2D eigenvalue weighted by Gasteiger charge is -2.02. The van der Waals surface area contributed by atoms with Crippen LogP contribution in [0.3, 0.4) is 0 Å². The van der Waals surface area contributed by atoms with Crippen LogP contribution in [0.25, 0.3) is 0 Å². The molecule has 0 aromatic carbocycles. The van der Waals surface area contributed by atoms with Gasteiger partial charge in [0.15, 0.2) is 0 Å². The van der Waals surface area contributed by atoms with E-state index in [1.165, 1.54) is 12.1 Å². The van der Waals surface area contributed by atoms with Crippen molar-refractivity contribution < 1.29 is 0 Å². The minimum atomic E-state index is 0.865. The van der Waals surface area contributed by atoms with Crippen molar-refractivity contribution in [2.24, 2.45) is 7.05 Å². The van der Waals surface area contributed by atoms with E-state index >= 15 is 0 Å². The summed E-state index contributed by atoms with van der Waals surface area (Å²) in [5, 5.41) is 8.41. The molecular weight excluding hydrogens is 210 g/mol. The van der Waals surface area contributed by atoms with E-state index in [2.05, 4.69) is 17.3 Å². The molecule has 0 unspecified atom stereocenters. The molecule has 0 atom stereocenters. The van der Waals surface area contributed by atoms with Crippen LogP contribution in [0.1, 0.15) is 31.2 Å². The van der Waals surface area contributed by atoms with Gasteiger partial charge in [-0.25, -0.2) is 0 Å². The maximum Gasteiger partial charge on any atom is 0.0849 e. The molecule has 0 aliphatic heterocycles. The first-order valence-corrected chi connectivity index (χ1v) is 5.93. The molecule has 1 heterocycles. The number of unbranched alkanes of at least 4 members (excludes halogenated alkanes) is 1. The number of nitrogens with one attached hydrogen (secondary N) is 1. The Hall–Kier alpha value is -0.540. The summed E-state index contributed by atoms with van der Waals surface area (Å²) in [5.74, 6) is 0. The van der Waals surface area contributed by atoms with Gasteiger partial charge in [-0.1, -0.05) is 18.5 Å². The summed E-state index contributed by atoms with van der Waals surface area (Å²) in [6.07, 6.45) is 4.26. The molecule has 1 aromatic heterocycles. The molecule has 0 aliphatic rings. The predicted octanol–water partition coefficient (Wildman–Crippen LogP) is 2.18. The molecule has 86 valence electrons. The molecule has 0 amide bonds. The zero-order valence-electron chi connectivity index (χ0n) is 9.81. The first-order valence-electron chi connectivity index (χ1n) is 5.55.